The minimum absolute atomic E-state index is 0.819. The third-order valence-electron chi connectivity index (χ3n) is 1.43. The third kappa shape index (κ3) is 5.31. The van der Waals surface area contributed by atoms with Gasteiger partial charge in [-0.2, -0.15) is 0 Å². The summed E-state index contributed by atoms with van der Waals surface area (Å²) < 4.78 is 0. The first kappa shape index (κ1) is 15.1. The molecule has 0 spiro atoms. The second kappa shape index (κ2) is 9.72. The second-order valence-electron chi connectivity index (χ2n) is 2.44. The van der Waals surface area contributed by atoms with Crippen LogP contribution in [0.2, 0.25) is 0 Å². The Morgan fingerprint density at radius 1 is 1.29 bits per heavy atom. The van der Waals surface area contributed by atoms with Crippen molar-refractivity contribution >= 4 is 6.72 Å². The lowest BCUT2D eigenvalue weighted by molar-refractivity contribution is 1.32. The fourth-order valence-electron chi connectivity index (χ4n) is 0.883. The predicted molar refractivity (Wildman–Crippen MR) is 67.7 cm³/mol. The van der Waals surface area contributed by atoms with E-state index in [1.54, 1.807) is 6.08 Å². The summed E-state index contributed by atoms with van der Waals surface area (Å²) in [4.78, 5) is 3.88. The molecular formula is C13H21N. The van der Waals surface area contributed by atoms with Crippen LogP contribution in [0, 0.1) is 0 Å². The Morgan fingerprint density at radius 3 is 2.00 bits per heavy atom. The van der Waals surface area contributed by atoms with Gasteiger partial charge < -0.3 is 0 Å². The molecule has 0 aliphatic rings. The zero-order chi connectivity index (χ0) is 11.6. The lowest BCUT2D eigenvalue weighted by Gasteiger charge is -2.02. The first-order valence-corrected chi connectivity index (χ1v) is 4.79. The van der Waals surface area contributed by atoms with Crippen LogP contribution in [0.15, 0.2) is 53.2 Å². The van der Waals surface area contributed by atoms with Crippen molar-refractivity contribution in [2.24, 2.45) is 4.99 Å². The Hall–Kier alpha value is -1.37. The Morgan fingerprint density at radius 2 is 1.79 bits per heavy atom. The molecule has 0 rings (SSSR count). The topological polar surface area (TPSA) is 12.4 Å². The average Bonchev–Trinajstić information content (AvgIpc) is 2.20. The predicted octanol–water partition coefficient (Wildman–Crippen LogP) is 4.31. The SMILES string of the molecule is C=C/C(C(=C)C)=C(\C=C/C)N=C.CC. The van der Waals surface area contributed by atoms with Gasteiger partial charge in [-0.3, -0.25) is 4.99 Å². The number of hydrogen-bond acceptors (Lipinski definition) is 1. The van der Waals surface area contributed by atoms with E-state index in [4.69, 9.17) is 0 Å². The van der Waals surface area contributed by atoms with Gasteiger partial charge in [-0.1, -0.05) is 39.2 Å². The Kier molecular flexibility index (Phi) is 10.5. The third-order valence-corrected chi connectivity index (χ3v) is 1.43. The Balaban J connectivity index is 0. The van der Waals surface area contributed by atoms with Crippen molar-refractivity contribution < 1.29 is 0 Å². The standard InChI is InChI=1S/C11H15N.C2H6/c1-6-8-11(12-5)10(7-2)9(3)4;1-2/h6-8H,2-3,5H2,1,4H3;1-2H3/b8-6-,11-10-;. The first-order valence-electron chi connectivity index (χ1n) is 4.79. The van der Waals surface area contributed by atoms with Gasteiger partial charge >= 0.3 is 0 Å². The summed E-state index contributed by atoms with van der Waals surface area (Å²) in [6, 6.07) is 0. The number of rotatable bonds is 4. The Labute approximate surface area is 88.3 Å². The molecule has 0 heterocycles. The highest BCUT2D eigenvalue weighted by Gasteiger charge is 1.97. The molecule has 0 radical (unpaired) electrons. The molecule has 14 heavy (non-hydrogen) atoms. The largest absolute Gasteiger partial charge is 0.264 e. The molecule has 0 amide bonds. The number of aliphatic imine (C=N–C) groups is 1. The lowest BCUT2D eigenvalue weighted by Crippen LogP contribution is -1.84. The molecule has 0 aromatic rings. The van der Waals surface area contributed by atoms with Crippen LogP contribution in [0.4, 0.5) is 0 Å². The molecule has 0 fully saturated rings. The summed E-state index contributed by atoms with van der Waals surface area (Å²) >= 11 is 0. The normalized spacial score (nSPS) is 11.1. The monoisotopic (exact) mass is 191 g/mol. The fourth-order valence-corrected chi connectivity index (χ4v) is 0.883. The van der Waals surface area contributed by atoms with Crippen LogP contribution < -0.4 is 0 Å². The molecule has 0 N–H and O–H groups in total. The van der Waals surface area contributed by atoms with Crippen LogP contribution in [-0.4, -0.2) is 6.72 Å². The number of hydrogen-bond donors (Lipinski definition) is 0. The van der Waals surface area contributed by atoms with E-state index in [0.29, 0.717) is 0 Å². The lowest BCUT2D eigenvalue weighted by atomic mass is 10.1. The van der Waals surface area contributed by atoms with Crippen LogP contribution in [-0.2, 0) is 0 Å². The zero-order valence-electron chi connectivity index (χ0n) is 9.80. The molecule has 0 saturated heterocycles. The van der Waals surface area contributed by atoms with Crippen LogP contribution in [0.1, 0.15) is 27.7 Å². The molecule has 0 saturated carbocycles. The van der Waals surface area contributed by atoms with Crippen molar-refractivity contribution in [3.05, 3.63) is 48.2 Å². The van der Waals surface area contributed by atoms with E-state index in [0.717, 1.165) is 16.8 Å². The van der Waals surface area contributed by atoms with Gasteiger partial charge in [-0.05, 0) is 32.2 Å². The van der Waals surface area contributed by atoms with Gasteiger partial charge in [0.25, 0.3) is 0 Å². The Bertz CT molecular complexity index is 254. The van der Waals surface area contributed by atoms with Gasteiger partial charge in [0.2, 0.25) is 0 Å². The molecular weight excluding hydrogens is 170 g/mol. The first-order chi connectivity index (χ1) is 6.67. The maximum Gasteiger partial charge on any atom is 0.0693 e. The van der Waals surface area contributed by atoms with E-state index in [1.807, 2.05) is 39.8 Å². The molecule has 0 aliphatic carbocycles. The summed E-state index contributed by atoms with van der Waals surface area (Å²) in [7, 11) is 0. The van der Waals surface area contributed by atoms with Crippen molar-refractivity contribution in [1.29, 1.82) is 0 Å². The minimum Gasteiger partial charge on any atom is -0.264 e. The molecule has 0 aromatic carbocycles. The highest BCUT2D eigenvalue weighted by Crippen LogP contribution is 2.15. The molecule has 0 bridgehead atoms. The fraction of sp³-hybridized carbons (Fsp3) is 0.308. The van der Waals surface area contributed by atoms with E-state index < -0.39 is 0 Å². The van der Waals surface area contributed by atoms with Gasteiger partial charge in [0.15, 0.2) is 0 Å². The van der Waals surface area contributed by atoms with Crippen LogP contribution in [0.5, 0.6) is 0 Å². The molecule has 78 valence electrons. The maximum atomic E-state index is 3.88. The highest BCUT2D eigenvalue weighted by molar-refractivity contribution is 5.47. The zero-order valence-corrected chi connectivity index (χ0v) is 9.80. The van der Waals surface area contributed by atoms with E-state index in [9.17, 15) is 0 Å². The molecule has 1 heteroatoms. The second-order valence-corrected chi connectivity index (χ2v) is 2.44. The van der Waals surface area contributed by atoms with Crippen molar-refractivity contribution in [3.63, 3.8) is 0 Å². The minimum atomic E-state index is 0.819. The molecule has 1 nitrogen and oxygen atoms in total. The van der Waals surface area contributed by atoms with Gasteiger partial charge in [-0.25, -0.2) is 0 Å². The van der Waals surface area contributed by atoms with Gasteiger partial charge in [0, 0.05) is 5.57 Å². The van der Waals surface area contributed by atoms with Gasteiger partial charge in [-0.15, -0.1) is 0 Å². The average molecular weight is 191 g/mol. The number of allylic oxidation sites excluding steroid dienone is 5. The van der Waals surface area contributed by atoms with E-state index in [-0.39, 0.29) is 0 Å². The molecule has 0 aromatic heterocycles. The summed E-state index contributed by atoms with van der Waals surface area (Å²) in [5.41, 5.74) is 2.72. The van der Waals surface area contributed by atoms with Crippen molar-refractivity contribution in [1.82, 2.24) is 0 Å². The van der Waals surface area contributed by atoms with Crippen LogP contribution in [0.25, 0.3) is 0 Å². The van der Waals surface area contributed by atoms with Crippen LogP contribution in [0.3, 0.4) is 0 Å². The van der Waals surface area contributed by atoms with E-state index in [2.05, 4.69) is 24.9 Å². The van der Waals surface area contributed by atoms with Crippen LogP contribution >= 0.6 is 0 Å². The van der Waals surface area contributed by atoms with Gasteiger partial charge in [0.1, 0.15) is 0 Å². The summed E-state index contributed by atoms with van der Waals surface area (Å²) in [6.07, 6.45) is 5.54. The summed E-state index contributed by atoms with van der Waals surface area (Å²) in [6.45, 7) is 18.9. The van der Waals surface area contributed by atoms with Gasteiger partial charge in [0.05, 0.1) is 5.70 Å². The summed E-state index contributed by atoms with van der Waals surface area (Å²) in [5, 5.41) is 0. The quantitative estimate of drug-likeness (QED) is 0.464. The summed E-state index contributed by atoms with van der Waals surface area (Å²) in [5.74, 6) is 0. The smallest absolute Gasteiger partial charge is 0.0693 e. The van der Waals surface area contributed by atoms with E-state index in [1.165, 1.54) is 0 Å². The highest BCUT2D eigenvalue weighted by atomic mass is 14.7. The van der Waals surface area contributed by atoms with Crippen molar-refractivity contribution in [2.75, 3.05) is 0 Å². The molecule has 0 atom stereocenters. The van der Waals surface area contributed by atoms with Crippen molar-refractivity contribution in [3.8, 4) is 0 Å². The van der Waals surface area contributed by atoms with E-state index >= 15 is 0 Å². The molecule has 0 aliphatic heterocycles. The maximum absolute atomic E-state index is 3.88. The molecule has 0 unspecified atom stereocenters. The van der Waals surface area contributed by atoms with Crippen molar-refractivity contribution in [2.45, 2.75) is 27.7 Å². The number of nitrogens with zero attached hydrogens (tertiary/aromatic N) is 1.